The lowest BCUT2D eigenvalue weighted by Crippen LogP contribution is -2.39. The van der Waals surface area contributed by atoms with Gasteiger partial charge in [0.1, 0.15) is 0 Å². The van der Waals surface area contributed by atoms with Gasteiger partial charge < -0.3 is 5.32 Å². The zero-order valence-electron chi connectivity index (χ0n) is 11.6. The van der Waals surface area contributed by atoms with Crippen LogP contribution in [0.25, 0.3) is 0 Å². The van der Waals surface area contributed by atoms with E-state index in [0.717, 1.165) is 24.3 Å². The van der Waals surface area contributed by atoms with Crippen molar-refractivity contribution in [2.75, 3.05) is 25.0 Å². The predicted molar refractivity (Wildman–Crippen MR) is 79.7 cm³/mol. The fraction of sp³-hybridized carbons (Fsp3) is 0.533. The van der Waals surface area contributed by atoms with Crippen molar-refractivity contribution in [3.63, 3.8) is 0 Å². The number of amides is 1. The molecule has 1 N–H and O–H groups in total. The van der Waals surface area contributed by atoms with Crippen LogP contribution >= 0.6 is 11.6 Å². The highest BCUT2D eigenvalue weighted by Crippen LogP contribution is 2.20. The molecule has 1 aromatic carbocycles. The Bertz CT molecular complexity index is 461. The average Bonchev–Trinajstić information content (AvgIpc) is 2.33. The smallest absolute Gasteiger partial charge is 0.238 e. The Hall–Kier alpha value is -1.06. The van der Waals surface area contributed by atoms with Crippen LogP contribution in [0.1, 0.15) is 25.3 Å². The summed E-state index contributed by atoms with van der Waals surface area (Å²) < 4.78 is 0. The summed E-state index contributed by atoms with van der Waals surface area (Å²) in [6.07, 6.45) is 2.46. The summed E-state index contributed by atoms with van der Waals surface area (Å²) in [4.78, 5) is 14.3. The summed E-state index contributed by atoms with van der Waals surface area (Å²) in [5.74, 6) is 0.748. The lowest BCUT2D eigenvalue weighted by Gasteiger charge is -2.30. The first-order chi connectivity index (χ1) is 9.04. The summed E-state index contributed by atoms with van der Waals surface area (Å²) >= 11 is 5.90. The lowest BCUT2D eigenvalue weighted by atomic mass is 10.0. The van der Waals surface area contributed by atoms with Gasteiger partial charge in [-0.05, 0) is 56.0 Å². The Morgan fingerprint density at radius 3 is 3.00 bits per heavy atom. The van der Waals surface area contributed by atoms with Crippen LogP contribution in [0.15, 0.2) is 18.2 Å². The van der Waals surface area contributed by atoms with Crippen LogP contribution in [0.3, 0.4) is 0 Å². The second kappa shape index (κ2) is 6.40. The number of carbonyl (C=O) groups excluding carboxylic acids is 1. The van der Waals surface area contributed by atoms with Crippen LogP contribution < -0.4 is 5.32 Å². The first-order valence-electron chi connectivity index (χ1n) is 6.83. The van der Waals surface area contributed by atoms with Gasteiger partial charge >= 0.3 is 0 Å². The van der Waals surface area contributed by atoms with Gasteiger partial charge in [0.2, 0.25) is 5.91 Å². The van der Waals surface area contributed by atoms with Gasteiger partial charge in [-0.1, -0.05) is 18.5 Å². The molecule has 0 spiro atoms. The van der Waals surface area contributed by atoms with E-state index in [0.29, 0.717) is 17.5 Å². The van der Waals surface area contributed by atoms with E-state index in [4.69, 9.17) is 11.6 Å². The van der Waals surface area contributed by atoms with E-state index in [1.54, 1.807) is 6.07 Å². The molecule has 0 saturated carbocycles. The van der Waals surface area contributed by atoms with Crippen molar-refractivity contribution in [2.45, 2.75) is 26.7 Å². The molecule has 1 atom stereocenters. The summed E-state index contributed by atoms with van der Waals surface area (Å²) in [5.41, 5.74) is 1.84. The highest BCUT2D eigenvalue weighted by atomic mass is 35.5. The number of halogens is 1. The molecular formula is C15H21ClN2O. The number of hydrogen-bond donors (Lipinski definition) is 1. The average molecular weight is 281 g/mol. The number of piperidine rings is 1. The van der Waals surface area contributed by atoms with Crippen molar-refractivity contribution >= 4 is 23.2 Å². The summed E-state index contributed by atoms with van der Waals surface area (Å²) in [6, 6.07) is 5.52. The molecular weight excluding hydrogens is 260 g/mol. The quantitative estimate of drug-likeness (QED) is 0.921. The molecule has 1 aliphatic heterocycles. The number of nitrogens with zero attached hydrogens (tertiary/aromatic N) is 1. The minimum Gasteiger partial charge on any atom is -0.325 e. The number of aryl methyl sites for hydroxylation is 1. The SMILES string of the molecule is Cc1cc(Cl)ccc1NC(=O)CN1CCC[C@@H](C)C1. The standard InChI is InChI=1S/C15H21ClN2O/c1-11-4-3-7-18(9-11)10-15(19)17-14-6-5-13(16)8-12(14)2/h5-6,8,11H,3-4,7,9-10H2,1-2H3,(H,17,19)/t11-/m1/s1. The van der Waals surface area contributed by atoms with Crippen molar-refractivity contribution < 1.29 is 4.79 Å². The number of hydrogen-bond acceptors (Lipinski definition) is 2. The number of benzene rings is 1. The van der Waals surface area contributed by atoms with Gasteiger partial charge in [0.05, 0.1) is 6.54 Å². The molecule has 19 heavy (non-hydrogen) atoms. The van der Waals surface area contributed by atoms with E-state index in [9.17, 15) is 4.79 Å². The molecule has 0 bridgehead atoms. The number of anilines is 1. The maximum atomic E-state index is 12.0. The highest BCUT2D eigenvalue weighted by Gasteiger charge is 2.18. The van der Waals surface area contributed by atoms with Crippen LogP contribution in [0, 0.1) is 12.8 Å². The van der Waals surface area contributed by atoms with Crippen molar-refractivity contribution in [3.8, 4) is 0 Å². The molecule has 0 aliphatic carbocycles. The number of likely N-dealkylation sites (tertiary alicyclic amines) is 1. The number of carbonyl (C=O) groups is 1. The van der Waals surface area contributed by atoms with Gasteiger partial charge in [0.25, 0.3) is 0 Å². The number of nitrogens with one attached hydrogen (secondary N) is 1. The van der Waals surface area contributed by atoms with Crippen molar-refractivity contribution in [2.24, 2.45) is 5.92 Å². The number of rotatable bonds is 3. The normalized spacial score (nSPS) is 20.3. The Labute approximate surface area is 119 Å². The molecule has 0 unspecified atom stereocenters. The van der Waals surface area contributed by atoms with Crippen molar-refractivity contribution in [1.29, 1.82) is 0 Å². The van der Waals surface area contributed by atoms with Crippen LogP contribution in [0.5, 0.6) is 0 Å². The molecule has 1 amide bonds. The third-order valence-corrected chi connectivity index (χ3v) is 3.81. The fourth-order valence-electron chi connectivity index (χ4n) is 2.59. The van der Waals surface area contributed by atoms with Crippen LogP contribution in [0.4, 0.5) is 5.69 Å². The maximum absolute atomic E-state index is 12.0. The van der Waals surface area contributed by atoms with E-state index in [-0.39, 0.29) is 5.91 Å². The van der Waals surface area contributed by atoms with E-state index < -0.39 is 0 Å². The van der Waals surface area contributed by atoms with E-state index in [2.05, 4.69) is 17.1 Å². The summed E-state index contributed by atoms with van der Waals surface area (Å²) in [7, 11) is 0. The Kier molecular flexibility index (Phi) is 4.83. The second-order valence-electron chi connectivity index (χ2n) is 5.49. The molecule has 1 saturated heterocycles. The summed E-state index contributed by atoms with van der Waals surface area (Å²) in [6.45, 7) is 6.72. The van der Waals surface area contributed by atoms with Gasteiger partial charge in [-0.3, -0.25) is 9.69 Å². The molecule has 1 aromatic rings. The molecule has 1 heterocycles. The van der Waals surface area contributed by atoms with E-state index >= 15 is 0 Å². The van der Waals surface area contributed by atoms with Gasteiger partial charge in [0.15, 0.2) is 0 Å². The van der Waals surface area contributed by atoms with Gasteiger partial charge in [-0.15, -0.1) is 0 Å². The third-order valence-electron chi connectivity index (χ3n) is 3.57. The fourth-order valence-corrected chi connectivity index (χ4v) is 2.82. The Morgan fingerprint density at radius 2 is 2.32 bits per heavy atom. The van der Waals surface area contributed by atoms with Gasteiger partial charge in [-0.25, -0.2) is 0 Å². The van der Waals surface area contributed by atoms with Crippen molar-refractivity contribution in [1.82, 2.24) is 4.90 Å². The third kappa shape index (κ3) is 4.22. The minimum absolute atomic E-state index is 0.0551. The summed E-state index contributed by atoms with van der Waals surface area (Å²) in [5, 5.41) is 3.66. The largest absolute Gasteiger partial charge is 0.325 e. The maximum Gasteiger partial charge on any atom is 0.238 e. The van der Waals surface area contributed by atoms with E-state index in [1.807, 2.05) is 19.1 Å². The molecule has 104 valence electrons. The Balaban J connectivity index is 1.90. The zero-order chi connectivity index (χ0) is 13.8. The zero-order valence-corrected chi connectivity index (χ0v) is 12.3. The molecule has 1 aliphatic rings. The molecule has 4 heteroatoms. The first kappa shape index (κ1) is 14.4. The van der Waals surface area contributed by atoms with Crippen LogP contribution in [0.2, 0.25) is 5.02 Å². The second-order valence-corrected chi connectivity index (χ2v) is 5.93. The first-order valence-corrected chi connectivity index (χ1v) is 7.21. The van der Waals surface area contributed by atoms with E-state index in [1.165, 1.54) is 12.8 Å². The predicted octanol–water partition coefficient (Wildman–Crippen LogP) is 3.32. The van der Waals surface area contributed by atoms with Crippen molar-refractivity contribution in [3.05, 3.63) is 28.8 Å². The Morgan fingerprint density at radius 1 is 1.53 bits per heavy atom. The van der Waals surface area contributed by atoms with Gasteiger partial charge in [0, 0.05) is 17.3 Å². The highest BCUT2D eigenvalue weighted by molar-refractivity contribution is 6.30. The topological polar surface area (TPSA) is 32.3 Å². The lowest BCUT2D eigenvalue weighted by molar-refractivity contribution is -0.117. The molecule has 3 nitrogen and oxygen atoms in total. The molecule has 1 fully saturated rings. The molecule has 0 radical (unpaired) electrons. The van der Waals surface area contributed by atoms with Crippen LogP contribution in [-0.4, -0.2) is 30.4 Å². The van der Waals surface area contributed by atoms with Crippen LogP contribution in [-0.2, 0) is 4.79 Å². The molecule has 0 aromatic heterocycles. The van der Waals surface area contributed by atoms with Gasteiger partial charge in [-0.2, -0.15) is 0 Å². The minimum atomic E-state index is 0.0551. The molecule has 2 rings (SSSR count). The monoisotopic (exact) mass is 280 g/mol.